The maximum atomic E-state index is 11.5. The maximum Gasteiger partial charge on any atom is 0.303 e. The van der Waals surface area contributed by atoms with Gasteiger partial charge in [0.1, 0.15) is 0 Å². The van der Waals surface area contributed by atoms with Gasteiger partial charge in [0, 0.05) is 6.42 Å². The summed E-state index contributed by atoms with van der Waals surface area (Å²) in [6.07, 6.45) is 11.7. The molecule has 30 heavy (non-hydrogen) atoms. The smallest absolute Gasteiger partial charge is 0.303 e. The molecule has 0 aromatic rings. The zero-order valence-electron chi connectivity index (χ0n) is 19.4. The van der Waals surface area contributed by atoms with Crippen molar-refractivity contribution in [1.82, 2.24) is 0 Å². The van der Waals surface area contributed by atoms with E-state index in [0.29, 0.717) is 35.5 Å². The van der Waals surface area contributed by atoms with Gasteiger partial charge in [0.05, 0.1) is 12.2 Å². The number of hydrogen-bond acceptors (Lipinski definition) is 3. The van der Waals surface area contributed by atoms with E-state index in [1.54, 1.807) is 0 Å². The highest BCUT2D eigenvalue weighted by molar-refractivity contribution is 5.66. The van der Waals surface area contributed by atoms with Crippen LogP contribution in [0.3, 0.4) is 0 Å². The number of hydrogen-bond donors (Lipinski definition) is 3. The summed E-state index contributed by atoms with van der Waals surface area (Å²) >= 11 is 0. The second-order valence-electron chi connectivity index (χ2n) is 12.1. The summed E-state index contributed by atoms with van der Waals surface area (Å²) in [6.45, 7) is 7.10. The van der Waals surface area contributed by atoms with Gasteiger partial charge in [-0.15, -0.1) is 0 Å². The molecule has 0 spiro atoms. The number of rotatable bonds is 4. The van der Waals surface area contributed by atoms with Crippen LogP contribution in [0.25, 0.3) is 0 Å². The molecule has 4 saturated carbocycles. The number of aliphatic hydroxyl groups excluding tert-OH is 2. The first kappa shape index (κ1) is 22.6. The summed E-state index contributed by atoms with van der Waals surface area (Å²) in [5.74, 6) is 2.59. The zero-order valence-corrected chi connectivity index (χ0v) is 19.4. The monoisotopic (exact) mass is 420 g/mol. The Balaban J connectivity index is 1.59. The first-order chi connectivity index (χ1) is 14.2. The van der Waals surface area contributed by atoms with Crippen molar-refractivity contribution in [1.29, 1.82) is 0 Å². The van der Waals surface area contributed by atoms with E-state index in [4.69, 9.17) is 5.11 Å². The van der Waals surface area contributed by atoms with Crippen molar-refractivity contribution in [2.75, 3.05) is 0 Å². The highest BCUT2D eigenvalue weighted by atomic mass is 16.4. The minimum atomic E-state index is -0.677. The third kappa shape index (κ3) is 3.74. The topological polar surface area (TPSA) is 77.8 Å². The molecule has 4 rings (SSSR count). The molecule has 0 aromatic carbocycles. The van der Waals surface area contributed by atoms with Crippen LogP contribution in [-0.2, 0) is 4.79 Å². The second kappa shape index (κ2) is 8.39. The number of carboxylic acids is 1. The van der Waals surface area contributed by atoms with E-state index < -0.39 is 5.97 Å². The average molecular weight is 421 g/mol. The van der Waals surface area contributed by atoms with Gasteiger partial charge in [-0.3, -0.25) is 4.79 Å². The largest absolute Gasteiger partial charge is 0.481 e. The molecule has 2 unspecified atom stereocenters. The van der Waals surface area contributed by atoms with Gasteiger partial charge in [0.15, 0.2) is 0 Å². The number of fused-ring (bicyclic) bond motifs is 5. The Bertz CT molecular complexity index is 635. The van der Waals surface area contributed by atoms with Crippen LogP contribution in [-0.4, -0.2) is 33.5 Å². The predicted octanol–water partition coefficient (Wildman–Crippen LogP) is 5.26. The van der Waals surface area contributed by atoms with Gasteiger partial charge in [-0.2, -0.15) is 0 Å². The molecule has 4 heteroatoms. The lowest BCUT2D eigenvalue weighted by Crippen LogP contribution is -2.60. The first-order valence-electron chi connectivity index (χ1n) is 12.7. The van der Waals surface area contributed by atoms with Crippen molar-refractivity contribution in [3.8, 4) is 0 Å². The normalized spacial score (nSPS) is 49.8. The highest BCUT2D eigenvalue weighted by Gasteiger charge is 2.62. The van der Waals surface area contributed by atoms with E-state index in [0.717, 1.165) is 32.1 Å². The average Bonchev–Trinajstić information content (AvgIpc) is 3.04. The van der Waals surface area contributed by atoms with Crippen molar-refractivity contribution in [3.63, 3.8) is 0 Å². The lowest BCUT2D eigenvalue weighted by molar-refractivity contribution is -0.190. The lowest BCUT2D eigenvalue weighted by atomic mass is 9.42. The molecule has 3 N–H and O–H groups in total. The van der Waals surface area contributed by atoms with Gasteiger partial charge in [-0.25, -0.2) is 0 Å². The standard InChI is InChI=1S/C26H44O4/c1-16(8-11-23(29)30)18-9-10-20-19(18)6-4-5-7-21-24(20)22(28)15-25(2)14-17(27)12-13-26(21,25)3/h16-22,24,27-28H,4-15H2,1-3H3,(H,29,30)/t16-,17-,18-,19+,20-,21+,22+,24?,25+,26?/m1/s1. The molecule has 4 aliphatic rings. The van der Waals surface area contributed by atoms with E-state index in [1.807, 2.05) is 0 Å². The third-order valence-corrected chi connectivity index (χ3v) is 10.7. The summed E-state index contributed by atoms with van der Waals surface area (Å²) in [7, 11) is 0. The summed E-state index contributed by atoms with van der Waals surface area (Å²) in [4.78, 5) is 11.1. The zero-order chi connectivity index (χ0) is 21.7. The van der Waals surface area contributed by atoms with Crippen LogP contribution in [0.4, 0.5) is 0 Å². The molecule has 0 saturated heterocycles. The molecular weight excluding hydrogens is 376 g/mol. The minimum absolute atomic E-state index is 0.0345. The third-order valence-electron chi connectivity index (χ3n) is 10.7. The molecule has 4 fully saturated rings. The van der Waals surface area contributed by atoms with E-state index in [9.17, 15) is 15.0 Å². The van der Waals surface area contributed by atoms with Crippen molar-refractivity contribution in [2.24, 2.45) is 46.3 Å². The van der Waals surface area contributed by atoms with Crippen LogP contribution in [0, 0.1) is 46.3 Å². The molecule has 4 nitrogen and oxygen atoms in total. The number of aliphatic hydroxyl groups is 2. The summed E-state index contributed by atoms with van der Waals surface area (Å²) in [5, 5.41) is 31.1. The fourth-order valence-electron chi connectivity index (χ4n) is 9.01. The Morgan fingerprint density at radius 3 is 2.47 bits per heavy atom. The SMILES string of the molecule is C[C@H](CCC(=O)O)[C@H]1CC[C@H]2C3[C@@H](O)C[C@]4(C)C[C@H](O)CCC4(C)[C@H]3CCCC[C@@H]12. The molecule has 0 heterocycles. The Kier molecular flexibility index (Phi) is 6.31. The Morgan fingerprint density at radius 2 is 1.73 bits per heavy atom. The van der Waals surface area contributed by atoms with Gasteiger partial charge >= 0.3 is 5.97 Å². The molecule has 4 aliphatic carbocycles. The first-order valence-corrected chi connectivity index (χ1v) is 12.7. The summed E-state index contributed by atoms with van der Waals surface area (Å²) in [6, 6.07) is 0. The molecule has 172 valence electrons. The van der Waals surface area contributed by atoms with Crippen LogP contribution >= 0.6 is 0 Å². The summed E-state index contributed by atoms with van der Waals surface area (Å²) < 4.78 is 0. The van der Waals surface area contributed by atoms with Crippen LogP contribution in [0.1, 0.15) is 97.8 Å². The quantitative estimate of drug-likeness (QED) is 0.580. The van der Waals surface area contributed by atoms with Crippen molar-refractivity contribution < 1.29 is 20.1 Å². The van der Waals surface area contributed by atoms with Gasteiger partial charge < -0.3 is 15.3 Å². The molecule has 0 radical (unpaired) electrons. The van der Waals surface area contributed by atoms with Gasteiger partial charge in [-0.05, 0) is 104 Å². The fourth-order valence-corrected chi connectivity index (χ4v) is 9.01. The minimum Gasteiger partial charge on any atom is -0.481 e. The second-order valence-corrected chi connectivity index (χ2v) is 12.1. The van der Waals surface area contributed by atoms with E-state index in [1.165, 1.54) is 38.5 Å². The molecule has 0 aromatic heterocycles. The lowest BCUT2D eigenvalue weighted by Gasteiger charge is -2.64. The van der Waals surface area contributed by atoms with E-state index in [-0.39, 0.29) is 29.5 Å². The summed E-state index contributed by atoms with van der Waals surface area (Å²) in [5.41, 5.74) is 0.248. The van der Waals surface area contributed by atoms with Crippen LogP contribution < -0.4 is 0 Å². The van der Waals surface area contributed by atoms with Gasteiger partial charge in [0.25, 0.3) is 0 Å². The number of carbonyl (C=O) groups is 1. The van der Waals surface area contributed by atoms with Crippen molar-refractivity contribution in [3.05, 3.63) is 0 Å². The van der Waals surface area contributed by atoms with Gasteiger partial charge in [-0.1, -0.05) is 33.6 Å². The molecular formula is C26H44O4. The maximum absolute atomic E-state index is 11.5. The van der Waals surface area contributed by atoms with Gasteiger partial charge in [0.2, 0.25) is 0 Å². The van der Waals surface area contributed by atoms with Crippen LogP contribution in [0.5, 0.6) is 0 Å². The Morgan fingerprint density at radius 1 is 1.00 bits per heavy atom. The Labute approximate surface area is 182 Å². The molecule has 10 atom stereocenters. The van der Waals surface area contributed by atoms with Crippen molar-refractivity contribution in [2.45, 2.75) is 110 Å². The molecule has 0 aliphatic heterocycles. The van der Waals surface area contributed by atoms with Crippen LogP contribution in [0.2, 0.25) is 0 Å². The van der Waals surface area contributed by atoms with Crippen molar-refractivity contribution >= 4 is 5.97 Å². The number of carboxylic acid groups (broad SMARTS) is 1. The Hall–Kier alpha value is -0.610. The van der Waals surface area contributed by atoms with E-state index >= 15 is 0 Å². The predicted molar refractivity (Wildman–Crippen MR) is 118 cm³/mol. The molecule has 0 amide bonds. The number of aliphatic carboxylic acids is 1. The molecule has 0 bridgehead atoms. The van der Waals surface area contributed by atoms with E-state index in [2.05, 4.69) is 20.8 Å². The highest BCUT2D eigenvalue weighted by Crippen LogP contribution is 2.67. The fraction of sp³-hybridized carbons (Fsp3) is 0.962. The van der Waals surface area contributed by atoms with Crippen LogP contribution in [0.15, 0.2) is 0 Å².